The van der Waals surface area contributed by atoms with E-state index < -0.39 is 18.6 Å². The first-order valence-electron chi connectivity index (χ1n) is 8.88. The van der Waals surface area contributed by atoms with Gasteiger partial charge in [0.15, 0.2) is 5.96 Å². The summed E-state index contributed by atoms with van der Waals surface area (Å²) in [7, 11) is 1.14. The molecule has 1 amide bonds. The number of carbonyl (C=O) groups excluding carboxylic acids is 1. The number of amides is 1. The highest BCUT2D eigenvalue weighted by Gasteiger charge is 2.32. The number of rotatable bonds is 6. The standard InChI is InChI=1S/C16H28F3N5O.HI/c1-3-20-15(21-10-14(25)23(2)11-16(17,18)19)22-12-6-8-24(9-7-12)13-4-5-13;/h12-13H,3-11H2,1-2H3,(H2,20,21,22);1H. The maximum Gasteiger partial charge on any atom is 0.406 e. The molecule has 2 fully saturated rings. The largest absolute Gasteiger partial charge is 0.406 e. The lowest BCUT2D eigenvalue weighted by molar-refractivity contribution is -0.157. The summed E-state index contributed by atoms with van der Waals surface area (Å²) in [6.07, 6.45) is 0.212. The predicted octanol–water partition coefficient (Wildman–Crippen LogP) is 1.81. The third-order valence-corrected chi connectivity index (χ3v) is 4.49. The molecule has 0 aromatic heterocycles. The van der Waals surface area contributed by atoms with Crippen LogP contribution in [0.25, 0.3) is 0 Å². The minimum Gasteiger partial charge on any atom is -0.357 e. The van der Waals surface area contributed by atoms with E-state index in [1.54, 1.807) is 0 Å². The summed E-state index contributed by atoms with van der Waals surface area (Å²) in [5, 5.41) is 6.35. The van der Waals surface area contributed by atoms with Crippen molar-refractivity contribution in [3.05, 3.63) is 0 Å². The Morgan fingerprint density at radius 1 is 1.23 bits per heavy atom. The van der Waals surface area contributed by atoms with E-state index in [-0.39, 0.29) is 36.6 Å². The van der Waals surface area contributed by atoms with Crippen molar-refractivity contribution in [2.24, 2.45) is 4.99 Å². The predicted molar refractivity (Wildman–Crippen MR) is 106 cm³/mol. The first-order chi connectivity index (χ1) is 11.8. The van der Waals surface area contributed by atoms with Crippen molar-refractivity contribution in [2.75, 3.05) is 39.8 Å². The molecule has 0 atom stereocenters. The summed E-state index contributed by atoms with van der Waals surface area (Å²) in [6, 6.07) is 1.04. The van der Waals surface area contributed by atoms with Gasteiger partial charge in [-0.1, -0.05) is 0 Å². The van der Waals surface area contributed by atoms with Gasteiger partial charge in [-0.3, -0.25) is 4.79 Å². The number of guanidine groups is 1. The van der Waals surface area contributed by atoms with Gasteiger partial charge in [0.05, 0.1) is 0 Å². The smallest absolute Gasteiger partial charge is 0.357 e. The fraction of sp³-hybridized carbons (Fsp3) is 0.875. The van der Waals surface area contributed by atoms with Gasteiger partial charge in [0, 0.05) is 38.8 Å². The van der Waals surface area contributed by atoms with Crippen molar-refractivity contribution in [3.8, 4) is 0 Å². The van der Waals surface area contributed by atoms with Gasteiger partial charge in [-0.15, -0.1) is 24.0 Å². The second-order valence-corrected chi connectivity index (χ2v) is 6.75. The molecule has 1 aliphatic carbocycles. The number of hydrogen-bond acceptors (Lipinski definition) is 3. The zero-order valence-electron chi connectivity index (χ0n) is 15.3. The number of aliphatic imine (C=N–C) groups is 1. The molecule has 0 bridgehead atoms. The lowest BCUT2D eigenvalue weighted by Crippen LogP contribution is -2.49. The zero-order chi connectivity index (χ0) is 18.4. The Labute approximate surface area is 170 Å². The van der Waals surface area contributed by atoms with Crippen molar-refractivity contribution in [1.82, 2.24) is 20.4 Å². The molecule has 10 heteroatoms. The van der Waals surface area contributed by atoms with Gasteiger partial charge in [0.2, 0.25) is 5.91 Å². The third kappa shape index (κ3) is 8.28. The van der Waals surface area contributed by atoms with Gasteiger partial charge in [0.25, 0.3) is 0 Å². The fourth-order valence-electron chi connectivity index (χ4n) is 2.99. The topological polar surface area (TPSA) is 60.0 Å². The summed E-state index contributed by atoms with van der Waals surface area (Å²) in [5.41, 5.74) is 0. The Balaban J connectivity index is 0.00000338. The van der Waals surface area contributed by atoms with Crippen LogP contribution in [0.3, 0.4) is 0 Å². The number of halogens is 4. The van der Waals surface area contributed by atoms with Crippen molar-refractivity contribution < 1.29 is 18.0 Å². The molecular formula is C16H29F3IN5O. The third-order valence-electron chi connectivity index (χ3n) is 4.49. The molecule has 26 heavy (non-hydrogen) atoms. The Hall–Kier alpha value is -0.780. The molecule has 2 rings (SSSR count). The summed E-state index contributed by atoms with van der Waals surface area (Å²) < 4.78 is 37.0. The summed E-state index contributed by atoms with van der Waals surface area (Å²) in [5.74, 6) is -0.167. The second-order valence-electron chi connectivity index (χ2n) is 6.75. The SMILES string of the molecule is CCNC(=NCC(=O)N(C)CC(F)(F)F)NC1CCN(C2CC2)CC1.I. The van der Waals surface area contributed by atoms with Gasteiger partial charge in [-0.25, -0.2) is 4.99 Å². The van der Waals surface area contributed by atoms with Gasteiger partial charge < -0.3 is 20.4 Å². The number of carbonyl (C=O) groups is 1. The Morgan fingerprint density at radius 2 is 1.85 bits per heavy atom. The molecule has 0 unspecified atom stereocenters. The van der Waals surface area contributed by atoms with Crippen molar-refractivity contribution >= 4 is 35.8 Å². The van der Waals surface area contributed by atoms with Gasteiger partial charge in [-0.05, 0) is 32.6 Å². The van der Waals surface area contributed by atoms with Crippen molar-refractivity contribution in [2.45, 2.75) is 50.9 Å². The average molecular weight is 491 g/mol. The molecule has 1 heterocycles. The van der Waals surface area contributed by atoms with Crippen LogP contribution in [0.4, 0.5) is 13.2 Å². The van der Waals surface area contributed by atoms with Crippen LogP contribution in [-0.2, 0) is 4.79 Å². The molecule has 0 aromatic carbocycles. The highest BCUT2D eigenvalue weighted by Crippen LogP contribution is 2.29. The van der Waals surface area contributed by atoms with Gasteiger partial charge in [0.1, 0.15) is 13.1 Å². The van der Waals surface area contributed by atoms with E-state index in [1.807, 2.05) is 6.92 Å². The number of piperidine rings is 1. The summed E-state index contributed by atoms with van der Waals surface area (Å²) >= 11 is 0. The van der Waals surface area contributed by atoms with Crippen LogP contribution in [0.2, 0.25) is 0 Å². The normalized spacial score (nSPS) is 19.7. The Kier molecular flexibility index (Phi) is 9.42. The van der Waals surface area contributed by atoms with Crippen LogP contribution >= 0.6 is 24.0 Å². The highest BCUT2D eigenvalue weighted by atomic mass is 127. The van der Waals surface area contributed by atoms with Crippen molar-refractivity contribution in [3.63, 3.8) is 0 Å². The Bertz CT molecular complexity index is 477. The molecule has 6 nitrogen and oxygen atoms in total. The van der Waals surface area contributed by atoms with Crippen LogP contribution in [0.15, 0.2) is 4.99 Å². The minimum absolute atomic E-state index is 0. The first-order valence-corrected chi connectivity index (χ1v) is 8.88. The second kappa shape index (κ2) is 10.5. The lowest BCUT2D eigenvalue weighted by atomic mass is 10.1. The van der Waals surface area contributed by atoms with Crippen LogP contribution in [0.5, 0.6) is 0 Å². The molecule has 1 aliphatic heterocycles. The Morgan fingerprint density at radius 3 is 2.35 bits per heavy atom. The van der Waals surface area contributed by atoms with E-state index in [1.165, 1.54) is 12.8 Å². The molecule has 2 aliphatic rings. The number of nitrogens with zero attached hydrogens (tertiary/aromatic N) is 3. The number of nitrogens with one attached hydrogen (secondary N) is 2. The maximum absolute atomic E-state index is 12.3. The molecule has 2 N–H and O–H groups in total. The van der Waals surface area contributed by atoms with Crippen LogP contribution < -0.4 is 10.6 Å². The molecular weight excluding hydrogens is 462 g/mol. The fourth-order valence-corrected chi connectivity index (χ4v) is 2.99. The summed E-state index contributed by atoms with van der Waals surface area (Å²) in [4.78, 5) is 19.1. The van der Waals surface area contributed by atoms with E-state index in [4.69, 9.17) is 0 Å². The summed E-state index contributed by atoms with van der Waals surface area (Å²) in [6.45, 7) is 3.07. The van der Waals surface area contributed by atoms with E-state index in [0.717, 1.165) is 39.0 Å². The van der Waals surface area contributed by atoms with Crippen LogP contribution in [0, 0.1) is 0 Å². The van der Waals surface area contributed by atoms with E-state index in [0.29, 0.717) is 17.4 Å². The quantitative estimate of drug-likeness (QED) is 0.338. The van der Waals surface area contributed by atoms with E-state index in [2.05, 4.69) is 20.5 Å². The maximum atomic E-state index is 12.3. The minimum atomic E-state index is -4.40. The number of likely N-dealkylation sites (tertiary alicyclic amines) is 1. The molecule has 1 saturated heterocycles. The number of alkyl halides is 3. The number of likely N-dealkylation sites (N-methyl/N-ethyl adjacent to an activating group) is 1. The molecule has 1 saturated carbocycles. The zero-order valence-corrected chi connectivity index (χ0v) is 17.6. The van der Waals surface area contributed by atoms with Crippen molar-refractivity contribution in [1.29, 1.82) is 0 Å². The van der Waals surface area contributed by atoms with Crippen LogP contribution in [0.1, 0.15) is 32.6 Å². The van der Waals surface area contributed by atoms with E-state index >= 15 is 0 Å². The molecule has 0 spiro atoms. The van der Waals surface area contributed by atoms with Gasteiger partial charge in [-0.2, -0.15) is 13.2 Å². The van der Waals surface area contributed by atoms with E-state index in [9.17, 15) is 18.0 Å². The van der Waals surface area contributed by atoms with Gasteiger partial charge >= 0.3 is 6.18 Å². The number of hydrogen-bond donors (Lipinski definition) is 2. The highest BCUT2D eigenvalue weighted by molar-refractivity contribution is 14.0. The molecule has 0 aromatic rings. The van der Waals surface area contributed by atoms with Crippen LogP contribution in [-0.4, -0.2) is 79.7 Å². The lowest BCUT2D eigenvalue weighted by Gasteiger charge is -2.33. The first kappa shape index (κ1) is 23.3. The monoisotopic (exact) mass is 491 g/mol. The molecule has 0 radical (unpaired) electrons. The molecule has 152 valence electrons. The average Bonchev–Trinajstić information content (AvgIpc) is 3.36.